The van der Waals surface area contributed by atoms with Crippen molar-refractivity contribution in [3.63, 3.8) is 0 Å². The number of thiophene rings is 1. The first-order chi connectivity index (χ1) is 15.0. The molecular weight excluding hydrogens is 418 g/mol. The van der Waals surface area contributed by atoms with Gasteiger partial charge < -0.3 is 24.3 Å². The van der Waals surface area contributed by atoms with E-state index in [2.05, 4.69) is 21.8 Å². The van der Waals surface area contributed by atoms with Gasteiger partial charge in [-0.05, 0) is 30.7 Å². The van der Waals surface area contributed by atoms with Gasteiger partial charge in [-0.15, -0.1) is 11.3 Å². The van der Waals surface area contributed by atoms with Gasteiger partial charge in [0.2, 0.25) is 0 Å². The SMILES string of the molecule is CCCN(Cc1nc2scc(-c3ccc(OC)c(OC)c3)c2c(=O)[nH]1)CC(O)COC. The number of aromatic amines is 1. The summed E-state index contributed by atoms with van der Waals surface area (Å²) in [7, 11) is 4.73. The molecule has 2 N–H and O–H groups in total. The lowest BCUT2D eigenvalue weighted by atomic mass is 10.1. The average Bonchev–Trinajstić information content (AvgIpc) is 3.18. The minimum atomic E-state index is -0.592. The van der Waals surface area contributed by atoms with Crippen LogP contribution >= 0.6 is 11.3 Å². The highest BCUT2D eigenvalue weighted by Crippen LogP contribution is 2.36. The van der Waals surface area contributed by atoms with Gasteiger partial charge >= 0.3 is 0 Å². The van der Waals surface area contributed by atoms with E-state index in [0.29, 0.717) is 40.6 Å². The van der Waals surface area contributed by atoms with Crippen molar-refractivity contribution in [2.24, 2.45) is 0 Å². The van der Waals surface area contributed by atoms with E-state index in [1.54, 1.807) is 21.3 Å². The molecule has 3 rings (SSSR count). The van der Waals surface area contributed by atoms with Crippen molar-refractivity contribution < 1.29 is 19.3 Å². The number of hydrogen-bond acceptors (Lipinski definition) is 8. The van der Waals surface area contributed by atoms with E-state index in [0.717, 1.165) is 24.1 Å². The Morgan fingerprint density at radius 2 is 2.00 bits per heavy atom. The number of H-pyrrole nitrogens is 1. The number of hydrogen-bond donors (Lipinski definition) is 2. The van der Waals surface area contributed by atoms with Gasteiger partial charge in [0.1, 0.15) is 10.7 Å². The van der Waals surface area contributed by atoms with Crippen LogP contribution in [0.5, 0.6) is 11.5 Å². The van der Waals surface area contributed by atoms with Crippen LogP contribution in [0.25, 0.3) is 21.3 Å². The largest absolute Gasteiger partial charge is 0.493 e. The molecule has 1 atom stereocenters. The van der Waals surface area contributed by atoms with Gasteiger partial charge in [0.05, 0.1) is 38.9 Å². The molecule has 31 heavy (non-hydrogen) atoms. The molecule has 168 valence electrons. The summed E-state index contributed by atoms with van der Waals surface area (Å²) in [6, 6.07) is 5.58. The molecular formula is C22H29N3O5S. The molecule has 9 heteroatoms. The summed E-state index contributed by atoms with van der Waals surface area (Å²) in [4.78, 5) is 23.3. The second kappa shape index (κ2) is 10.7. The first-order valence-corrected chi connectivity index (χ1v) is 11.0. The Labute approximate surface area is 185 Å². The Morgan fingerprint density at radius 3 is 2.68 bits per heavy atom. The highest BCUT2D eigenvalue weighted by molar-refractivity contribution is 7.17. The van der Waals surface area contributed by atoms with Crippen molar-refractivity contribution >= 4 is 21.6 Å². The number of aliphatic hydroxyl groups excluding tert-OH is 1. The summed E-state index contributed by atoms with van der Waals surface area (Å²) in [5.41, 5.74) is 1.49. The molecule has 0 aliphatic rings. The van der Waals surface area contributed by atoms with Crippen molar-refractivity contribution in [1.29, 1.82) is 0 Å². The lowest BCUT2D eigenvalue weighted by Gasteiger charge is -2.23. The summed E-state index contributed by atoms with van der Waals surface area (Å²) in [5.74, 6) is 1.81. The third kappa shape index (κ3) is 5.43. The zero-order valence-electron chi connectivity index (χ0n) is 18.3. The summed E-state index contributed by atoms with van der Waals surface area (Å²) in [5, 5.41) is 12.6. The normalized spacial score (nSPS) is 12.5. The van der Waals surface area contributed by atoms with Gasteiger partial charge in [-0.1, -0.05) is 13.0 Å². The molecule has 1 aromatic carbocycles. The Balaban J connectivity index is 1.91. The number of aliphatic hydroxyl groups is 1. The van der Waals surface area contributed by atoms with Crippen LogP contribution in [0.15, 0.2) is 28.4 Å². The number of nitrogens with zero attached hydrogens (tertiary/aromatic N) is 2. The fourth-order valence-electron chi connectivity index (χ4n) is 3.59. The van der Waals surface area contributed by atoms with Gasteiger partial charge in [0.15, 0.2) is 11.5 Å². The Bertz CT molecular complexity index is 1060. The summed E-state index contributed by atoms with van der Waals surface area (Å²) < 4.78 is 15.7. The fraction of sp³-hybridized carbons (Fsp3) is 0.455. The fourth-order valence-corrected chi connectivity index (χ4v) is 4.56. The molecule has 0 spiro atoms. The van der Waals surface area contributed by atoms with Gasteiger partial charge in [0, 0.05) is 24.6 Å². The first-order valence-electron chi connectivity index (χ1n) is 10.1. The van der Waals surface area contributed by atoms with E-state index in [1.165, 1.54) is 11.3 Å². The number of methoxy groups -OCH3 is 3. The van der Waals surface area contributed by atoms with E-state index in [-0.39, 0.29) is 12.2 Å². The van der Waals surface area contributed by atoms with E-state index < -0.39 is 6.10 Å². The van der Waals surface area contributed by atoms with Crippen LogP contribution in [0.3, 0.4) is 0 Å². The molecule has 0 aliphatic heterocycles. The maximum Gasteiger partial charge on any atom is 0.260 e. The molecule has 0 bridgehead atoms. The third-order valence-electron chi connectivity index (χ3n) is 4.93. The van der Waals surface area contributed by atoms with E-state index >= 15 is 0 Å². The molecule has 0 saturated heterocycles. The van der Waals surface area contributed by atoms with E-state index in [1.807, 2.05) is 23.6 Å². The minimum Gasteiger partial charge on any atom is -0.493 e. The number of nitrogens with one attached hydrogen (secondary N) is 1. The highest BCUT2D eigenvalue weighted by atomic mass is 32.1. The Hall–Kier alpha value is -2.46. The topological polar surface area (TPSA) is 96.9 Å². The van der Waals surface area contributed by atoms with Crippen LogP contribution in [0.4, 0.5) is 0 Å². The van der Waals surface area contributed by atoms with Crippen LogP contribution in [-0.4, -0.2) is 67.1 Å². The summed E-state index contributed by atoms with van der Waals surface area (Å²) >= 11 is 1.43. The van der Waals surface area contributed by atoms with Crippen LogP contribution in [0, 0.1) is 0 Å². The molecule has 0 saturated carbocycles. The molecule has 2 aromatic heterocycles. The van der Waals surface area contributed by atoms with Crippen molar-refractivity contribution in [2.45, 2.75) is 26.0 Å². The number of ether oxygens (including phenoxy) is 3. The standard InChI is InChI=1S/C22H29N3O5S/c1-5-8-25(10-15(26)12-28-2)11-19-23-21(27)20-16(13-31-22(20)24-19)14-6-7-17(29-3)18(9-14)30-4/h6-7,9,13,15,26H,5,8,10-12H2,1-4H3,(H,23,24,27). The van der Waals surface area contributed by atoms with Crippen LogP contribution in [-0.2, 0) is 11.3 Å². The molecule has 0 amide bonds. The van der Waals surface area contributed by atoms with Gasteiger partial charge in [-0.3, -0.25) is 9.69 Å². The number of benzene rings is 1. The minimum absolute atomic E-state index is 0.181. The van der Waals surface area contributed by atoms with Crippen molar-refractivity contribution in [3.05, 3.63) is 39.8 Å². The van der Waals surface area contributed by atoms with Gasteiger partial charge in [-0.25, -0.2) is 4.98 Å². The monoisotopic (exact) mass is 447 g/mol. The second-order valence-corrected chi connectivity index (χ2v) is 8.11. The quantitative estimate of drug-likeness (QED) is 0.466. The van der Waals surface area contributed by atoms with Gasteiger partial charge in [-0.2, -0.15) is 0 Å². The maximum atomic E-state index is 13.0. The lowest BCUT2D eigenvalue weighted by Crippen LogP contribution is -2.35. The summed E-state index contributed by atoms with van der Waals surface area (Å²) in [6.45, 7) is 4.02. The smallest absolute Gasteiger partial charge is 0.260 e. The van der Waals surface area contributed by atoms with Gasteiger partial charge in [0.25, 0.3) is 5.56 Å². The molecule has 8 nitrogen and oxygen atoms in total. The maximum absolute atomic E-state index is 13.0. The summed E-state index contributed by atoms with van der Waals surface area (Å²) in [6.07, 6.45) is 0.333. The highest BCUT2D eigenvalue weighted by Gasteiger charge is 2.17. The van der Waals surface area contributed by atoms with Crippen molar-refractivity contribution in [1.82, 2.24) is 14.9 Å². The molecule has 1 unspecified atom stereocenters. The predicted octanol–water partition coefficient (Wildman–Crippen LogP) is 2.89. The number of fused-ring (bicyclic) bond motifs is 1. The number of rotatable bonds is 11. The molecule has 2 heterocycles. The van der Waals surface area contributed by atoms with E-state index in [4.69, 9.17) is 14.2 Å². The third-order valence-corrected chi connectivity index (χ3v) is 5.80. The van der Waals surface area contributed by atoms with E-state index in [9.17, 15) is 9.90 Å². The lowest BCUT2D eigenvalue weighted by molar-refractivity contribution is 0.0353. The van der Waals surface area contributed by atoms with Crippen molar-refractivity contribution in [3.8, 4) is 22.6 Å². The predicted molar refractivity (Wildman–Crippen MR) is 122 cm³/mol. The second-order valence-electron chi connectivity index (χ2n) is 7.26. The van der Waals surface area contributed by atoms with Crippen LogP contribution in [0.1, 0.15) is 19.2 Å². The van der Waals surface area contributed by atoms with Crippen LogP contribution in [0.2, 0.25) is 0 Å². The molecule has 0 fully saturated rings. The first kappa shape index (κ1) is 23.2. The zero-order chi connectivity index (χ0) is 22.4. The number of aromatic nitrogens is 2. The Kier molecular flexibility index (Phi) is 8.03. The molecule has 3 aromatic rings. The average molecular weight is 448 g/mol. The Morgan fingerprint density at radius 1 is 1.23 bits per heavy atom. The molecule has 0 radical (unpaired) electrons. The molecule has 0 aliphatic carbocycles. The zero-order valence-corrected chi connectivity index (χ0v) is 19.1. The van der Waals surface area contributed by atoms with Crippen LogP contribution < -0.4 is 15.0 Å². The van der Waals surface area contributed by atoms with Crippen molar-refractivity contribution in [2.75, 3.05) is 41.0 Å².